The van der Waals surface area contributed by atoms with Gasteiger partial charge < -0.3 is 20.4 Å². The van der Waals surface area contributed by atoms with Gasteiger partial charge in [0.15, 0.2) is 0 Å². The lowest BCUT2D eigenvalue weighted by Crippen LogP contribution is -2.42. The summed E-state index contributed by atoms with van der Waals surface area (Å²) in [5, 5.41) is 6.39. The van der Waals surface area contributed by atoms with E-state index in [9.17, 15) is 9.59 Å². The highest BCUT2D eigenvalue weighted by Crippen LogP contribution is 2.26. The van der Waals surface area contributed by atoms with Crippen molar-refractivity contribution in [2.24, 2.45) is 0 Å². The maximum atomic E-state index is 12.9. The van der Waals surface area contributed by atoms with Gasteiger partial charge >= 0.3 is 0 Å². The van der Waals surface area contributed by atoms with Crippen LogP contribution in [0.5, 0.6) is 0 Å². The van der Waals surface area contributed by atoms with E-state index < -0.39 is 0 Å². The van der Waals surface area contributed by atoms with E-state index in [-0.39, 0.29) is 24.4 Å². The summed E-state index contributed by atoms with van der Waals surface area (Å²) in [5.41, 5.74) is 3.18. The normalized spacial score (nSPS) is 18.5. The van der Waals surface area contributed by atoms with Crippen molar-refractivity contribution in [3.05, 3.63) is 53.1 Å². The SMILES string of the molecule is CC1CCCCN1C(=O)c1ccc(NCC(=O)Nc2ccc(N3CCCC3)cc2)cc1Cl. The van der Waals surface area contributed by atoms with Crippen molar-refractivity contribution < 1.29 is 9.59 Å². The van der Waals surface area contributed by atoms with Gasteiger partial charge in [0, 0.05) is 42.7 Å². The fourth-order valence-corrected chi connectivity index (χ4v) is 4.73. The van der Waals surface area contributed by atoms with Gasteiger partial charge in [0.05, 0.1) is 17.1 Å². The zero-order valence-electron chi connectivity index (χ0n) is 18.6. The number of nitrogens with zero attached hydrogens (tertiary/aromatic N) is 2. The van der Waals surface area contributed by atoms with Gasteiger partial charge in [-0.25, -0.2) is 0 Å². The molecule has 2 amide bonds. The molecule has 2 aromatic rings. The topological polar surface area (TPSA) is 64.7 Å². The van der Waals surface area contributed by atoms with Crippen molar-refractivity contribution in [1.29, 1.82) is 0 Å². The van der Waals surface area contributed by atoms with E-state index in [1.807, 2.05) is 29.2 Å². The first-order chi connectivity index (χ1) is 15.5. The second kappa shape index (κ2) is 10.3. The predicted molar refractivity (Wildman–Crippen MR) is 131 cm³/mol. The molecule has 0 bridgehead atoms. The Morgan fingerprint density at radius 3 is 2.34 bits per heavy atom. The first kappa shape index (κ1) is 22.5. The van der Waals surface area contributed by atoms with Crippen LogP contribution < -0.4 is 15.5 Å². The summed E-state index contributed by atoms with van der Waals surface area (Å²) in [4.78, 5) is 29.5. The van der Waals surface area contributed by atoms with E-state index in [4.69, 9.17) is 11.6 Å². The lowest BCUT2D eigenvalue weighted by atomic mass is 10.0. The number of carbonyl (C=O) groups is 2. The summed E-state index contributed by atoms with van der Waals surface area (Å²) in [6.07, 6.45) is 5.69. The second-order valence-corrected chi connectivity index (χ2v) is 9.09. The Hall–Kier alpha value is -2.73. The Morgan fingerprint density at radius 1 is 0.969 bits per heavy atom. The number of hydrogen-bond acceptors (Lipinski definition) is 4. The van der Waals surface area contributed by atoms with Gasteiger partial charge in [0.25, 0.3) is 5.91 Å². The maximum Gasteiger partial charge on any atom is 0.255 e. The Bertz CT molecular complexity index is 957. The lowest BCUT2D eigenvalue weighted by Gasteiger charge is -2.33. The monoisotopic (exact) mass is 454 g/mol. The molecule has 170 valence electrons. The molecule has 4 rings (SSSR count). The minimum absolute atomic E-state index is 0.0242. The molecule has 1 atom stereocenters. The van der Waals surface area contributed by atoms with Crippen LogP contribution in [-0.4, -0.2) is 48.9 Å². The Kier molecular flexibility index (Phi) is 7.20. The van der Waals surface area contributed by atoms with Crippen LogP contribution in [0.15, 0.2) is 42.5 Å². The van der Waals surface area contributed by atoms with Crippen molar-refractivity contribution in [1.82, 2.24) is 4.90 Å². The van der Waals surface area contributed by atoms with E-state index >= 15 is 0 Å². The number of halogens is 1. The van der Waals surface area contributed by atoms with Gasteiger partial charge in [-0.05, 0) is 81.5 Å². The fourth-order valence-electron chi connectivity index (χ4n) is 4.47. The van der Waals surface area contributed by atoms with Gasteiger partial charge in [-0.1, -0.05) is 11.6 Å². The molecule has 0 radical (unpaired) electrons. The van der Waals surface area contributed by atoms with E-state index in [0.29, 0.717) is 16.3 Å². The largest absolute Gasteiger partial charge is 0.376 e. The molecule has 6 nitrogen and oxygen atoms in total. The second-order valence-electron chi connectivity index (χ2n) is 8.68. The van der Waals surface area contributed by atoms with Gasteiger partial charge in [-0.2, -0.15) is 0 Å². The summed E-state index contributed by atoms with van der Waals surface area (Å²) >= 11 is 6.41. The molecule has 0 aromatic heterocycles. The van der Waals surface area contributed by atoms with Gasteiger partial charge in [-0.15, -0.1) is 0 Å². The highest BCUT2D eigenvalue weighted by atomic mass is 35.5. The molecule has 2 saturated heterocycles. The van der Waals surface area contributed by atoms with Gasteiger partial charge in [0.2, 0.25) is 5.91 Å². The van der Waals surface area contributed by atoms with E-state index in [2.05, 4.69) is 22.5 Å². The number of rotatable bonds is 6. The molecular formula is C25H31ClN4O2. The summed E-state index contributed by atoms with van der Waals surface area (Å²) in [6.45, 7) is 5.16. The number of hydrogen-bond donors (Lipinski definition) is 2. The molecule has 2 heterocycles. The fraction of sp³-hybridized carbons (Fsp3) is 0.440. The zero-order valence-corrected chi connectivity index (χ0v) is 19.3. The highest BCUT2D eigenvalue weighted by molar-refractivity contribution is 6.34. The number of amides is 2. The van der Waals surface area contributed by atoms with E-state index in [1.165, 1.54) is 18.5 Å². The number of likely N-dealkylation sites (tertiary alicyclic amines) is 1. The summed E-state index contributed by atoms with van der Waals surface area (Å²) in [6, 6.07) is 13.4. The number of piperidine rings is 1. The minimum atomic E-state index is -0.141. The molecule has 2 N–H and O–H groups in total. The third-order valence-corrected chi connectivity index (χ3v) is 6.65. The Balaban J connectivity index is 1.30. The molecule has 2 aliphatic heterocycles. The van der Waals surface area contributed by atoms with Gasteiger partial charge in [-0.3, -0.25) is 9.59 Å². The molecule has 7 heteroatoms. The van der Waals surface area contributed by atoms with Crippen LogP contribution in [0.25, 0.3) is 0 Å². The van der Waals surface area contributed by atoms with E-state index in [1.54, 1.807) is 18.2 Å². The lowest BCUT2D eigenvalue weighted by molar-refractivity contribution is -0.114. The number of anilines is 3. The van der Waals surface area contributed by atoms with Gasteiger partial charge in [0.1, 0.15) is 0 Å². The molecule has 2 aliphatic rings. The van der Waals surface area contributed by atoms with Crippen molar-refractivity contribution >= 4 is 40.5 Å². The number of carbonyl (C=O) groups excluding carboxylic acids is 2. The van der Waals surface area contributed by atoms with Crippen LogP contribution in [0.3, 0.4) is 0 Å². The molecule has 0 aliphatic carbocycles. The first-order valence-corrected chi connectivity index (χ1v) is 11.9. The van der Waals surface area contributed by atoms with Crippen molar-refractivity contribution in [2.75, 3.05) is 41.7 Å². The van der Waals surface area contributed by atoms with Crippen LogP contribution >= 0.6 is 11.6 Å². The van der Waals surface area contributed by atoms with Crippen LogP contribution in [0, 0.1) is 0 Å². The Labute approximate surface area is 194 Å². The highest BCUT2D eigenvalue weighted by Gasteiger charge is 2.25. The first-order valence-electron chi connectivity index (χ1n) is 11.5. The van der Waals surface area contributed by atoms with Crippen molar-refractivity contribution in [2.45, 2.75) is 45.1 Å². The summed E-state index contributed by atoms with van der Waals surface area (Å²) < 4.78 is 0. The average molecular weight is 455 g/mol. The zero-order chi connectivity index (χ0) is 22.5. The molecule has 2 aromatic carbocycles. The van der Waals surface area contributed by atoms with E-state index in [0.717, 1.165) is 44.6 Å². The smallest absolute Gasteiger partial charge is 0.255 e. The molecule has 0 saturated carbocycles. The number of nitrogens with one attached hydrogen (secondary N) is 2. The van der Waals surface area contributed by atoms with Crippen molar-refractivity contribution in [3.63, 3.8) is 0 Å². The van der Waals surface area contributed by atoms with Crippen LogP contribution in [0.1, 0.15) is 49.4 Å². The molecule has 0 spiro atoms. The number of benzene rings is 2. The Morgan fingerprint density at radius 2 is 1.66 bits per heavy atom. The maximum absolute atomic E-state index is 12.9. The average Bonchev–Trinajstić information content (AvgIpc) is 3.33. The quantitative estimate of drug-likeness (QED) is 0.644. The minimum Gasteiger partial charge on any atom is -0.376 e. The molecule has 2 fully saturated rings. The summed E-state index contributed by atoms with van der Waals surface area (Å²) in [5.74, 6) is -0.166. The summed E-state index contributed by atoms with van der Waals surface area (Å²) in [7, 11) is 0. The molecular weight excluding hydrogens is 424 g/mol. The predicted octanol–water partition coefficient (Wildman–Crippen LogP) is 5.01. The van der Waals surface area contributed by atoms with Crippen LogP contribution in [0.4, 0.5) is 17.1 Å². The third-order valence-electron chi connectivity index (χ3n) is 6.34. The standard InChI is InChI=1S/C25H31ClN4O2/c1-18-6-2-3-15-30(18)25(32)22-12-9-20(16-23(22)26)27-17-24(31)28-19-7-10-21(11-8-19)29-13-4-5-14-29/h7-12,16,18,27H,2-6,13-15,17H2,1H3,(H,28,31). The van der Waals surface area contributed by atoms with Crippen molar-refractivity contribution in [3.8, 4) is 0 Å². The van der Waals surface area contributed by atoms with Crippen LogP contribution in [0.2, 0.25) is 5.02 Å². The van der Waals surface area contributed by atoms with Crippen LogP contribution in [-0.2, 0) is 4.79 Å². The molecule has 32 heavy (non-hydrogen) atoms. The molecule has 1 unspecified atom stereocenters. The third kappa shape index (κ3) is 5.36.